The molecule has 0 aliphatic heterocycles. The monoisotopic (exact) mass is 240 g/mol. The van der Waals surface area contributed by atoms with Gasteiger partial charge < -0.3 is 4.74 Å². The summed E-state index contributed by atoms with van der Waals surface area (Å²) in [5.41, 5.74) is 0.550. The first kappa shape index (κ1) is 9.99. The van der Waals surface area contributed by atoms with Gasteiger partial charge in [0.2, 0.25) is 0 Å². The summed E-state index contributed by atoms with van der Waals surface area (Å²) in [6.45, 7) is 4.93. The van der Waals surface area contributed by atoms with Crippen molar-refractivity contribution in [2.24, 2.45) is 0 Å². The maximum atomic E-state index is 11.2. The van der Waals surface area contributed by atoms with E-state index in [1.807, 2.05) is 6.07 Å². The van der Waals surface area contributed by atoms with Gasteiger partial charge in [-0.3, -0.25) is 4.79 Å². The van der Waals surface area contributed by atoms with Crippen molar-refractivity contribution in [3.63, 3.8) is 0 Å². The molecule has 13 heavy (non-hydrogen) atoms. The van der Waals surface area contributed by atoms with E-state index >= 15 is 0 Å². The van der Waals surface area contributed by atoms with Crippen LogP contribution in [-0.2, 0) is 0 Å². The molecule has 0 radical (unpaired) electrons. The van der Waals surface area contributed by atoms with Crippen LogP contribution in [0.4, 0.5) is 0 Å². The number of hydrogen-bond acceptors (Lipinski definition) is 2. The zero-order valence-corrected chi connectivity index (χ0v) is 8.80. The normalized spacial score (nSPS) is 9.38. The van der Waals surface area contributed by atoms with E-state index in [2.05, 4.69) is 22.5 Å². The lowest BCUT2D eigenvalue weighted by Crippen LogP contribution is -1.96. The summed E-state index contributed by atoms with van der Waals surface area (Å²) in [5.74, 6) is 0.504. The van der Waals surface area contributed by atoms with Crippen LogP contribution in [0.1, 0.15) is 17.3 Å². The first-order valence-corrected chi connectivity index (χ1v) is 4.52. The van der Waals surface area contributed by atoms with E-state index in [-0.39, 0.29) is 5.78 Å². The first-order chi connectivity index (χ1) is 6.15. The zero-order chi connectivity index (χ0) is 9.84. The van der Waals surface area contributed by atoms with Crippen molar-refractivity contribution in [2.75, 3.05) is 0 Å². The smallest absolute Gasteiger partial charge is 0.163 e. The molecule has 1 rings (SSSR count). The highest BCUT2D eigenvalue weighted by Gasteiger charge is 2.07. The third-order valence-corrected chi connectivity index (χ3v) is 2.02. The van der Waals surface area contributed by atoms with Crippen LogP contribution in [0.5, 0.6) is 5.75 Å². The Morgan fingerprint density at radius 2 is 2.31 bits per heavy atom. The minimum absolute atomic E-state index is 0.0295. The molecule has 0 amide bonds. The van der Waals surface area contributed by atoms with Crippen LogP contribution in [0.2, 0.25) is 0 Å². The van der Waals surface area contributed by atoms with Gasteiger partial charge in [-0.05, 0) is 25.1 Å². The molecule has 68 valence electrons. The highest BCUT2D eigenvalue weighted by molar-refractivity contribution is 9.10. The molecule has 3 heteroatoms. The number of benzene rings is 1. The molecule has 0 fully saturated rings. The number of ketones is 1. The Kier molecular flexibility index (Phi) is 3.25. The lowest BCUT2D eigenvalue weighted by molar-refractivity contribution is 0.101. The van der Waals surface area contributed by atoms with Gasteiger partial charge in [-0.25, -0.2) is 0 Å². The Morgan fingerprint density at radius 3 is 2.85 bits per heavy atom. The third-order valence-electron chi connectivity index (χ3n) is 1.53. The molecular weight excluding hydrogens is 232 g/mol. The maximum Gasteiger partial charge on any atom is 0.163 e. The topological polar surface area (TPSA) is 26.3 Å². The predicted octanol–water partition coefficient (Wildman–Crippen LogP) is 3.17. The van der Waals surface area contributed by atoms with Gasteiger partial charge in [0, 0.05) is 4.47 Å². The lowest BCUT2D eigenvalue weighted by atomic mass is 10.1. The summed E-state index contributed by atoms with van der Waals surface area (Å²) in [5, 5.41) is 0. The Morgan fingerprint density at radius 1 is 1.62 bits per heavy atom. The second-order valence-electron chi connectivity index (χ2n) is 2.48. The molecule has 0 spiro atoms. The molecular formula is C10H9BrO2. The van der Waals surface area contributed by atoms with Gasteiger partial charge in [-0.15, -0.1) is 0 Å². The van der Waals surface area contributed by atoms with Crippen molar-refractivity contribution < 1.29 is 9.53 Å². The van der Waals surface area contributed by atoms with E-state index in [9.17, 15) is 4.79 Å². The quantitative estimate of drug-likeness (QED) is 0.600. The average molecular weight is 241 g/mol. The van der Waals surface area contributed by atoms with Gasteiger partial charge in [0.15, 0.2) is 5.78 Å². The summed E-state index contributed by atoms with van der Waals surface area (Å²) >= 11 is 3.28. The first-order valence-electron chi connectivity index (χ1n) is 3.73. The van der Waals surface area contributed by atoms with E-state index in [1.54, 1.807) is 12.1 Å². The van der Waals surface area contributed by atoms with Gasteiger partial charge in [0.05, 0.1) is 11.8 Å². The van der Waals surface area contributed by atoms with Gasteiger partial charge in [0.1, 0.15) is 5.75 Å². The summed E-state index contributed by atoms with van der Waals surface area (Å²) in [6, 6.07) is 5.26. The molecule has 0 bridgehead atoms. The van der Waals surface area contributed by atoms with Crippen molar-refractivity contribution in [3.05, 3.63) is 41.1 Å². The number of carbonyl (C=O) groups is 1. The summed E-state index contributed by atoms with van der Waals surface area (Å²) in [7, 11) is 0. The number of carbonyl (C=O) groups excluding carboxylic acids is 1. The predicted molar refractivity (Wildman–Crippen MR) is 55.0 cm³/mol. The van der Waals surface area contributed by atoms with Gasteiger partial charge in [-0.2, -0.15) is 0 Å². The number of halogens is 1. The number of ether oxygens (including phenoxy) is 1. The minimum Gasteiger partial charge on any atom is -0.465 e. The minimum atomic E-state index is -0.0295. The van der Waals surface area contributed by atoms with Gasteiger partial charge >= 0.3 is 0 Å². The van der Waals surface area contributed by atoms with Crippen LogP contribution in [0.3, 0.4) is 0 Å². The SMILES string of the molecule is C=COc1ccc(Br)cc1C(C)=O. The van der Waals surface area contributed by atoms with Crippen LogP contribution in [0.15, 0.2) is 35.5 Å². The highest BCUT2D eigenvalue weighted by Crippen LogP contribution is 2.23. The molecule has 0 heterocycles. The fraction of sp³-hybridized carbons (Fsp3) is 0.100. The second kappa shape index (κ2) is 4.23. The molecule has 2 nitrogen and oxygen atoms in total. The van der Waals surface area contributed by atoms with E-state index < -0.39 is 0 Å². The molecule has 1 aromatic carbocycles. The van der Waals surface area contributed by atoms with Crippen LogP contribution >= 0.6 is 15.9 Å². The van der Waals surface area contributed by atoms with Gasteiger partial charge in [0.25, 0.3) is 0 Å². The van der Waals surface area contributed by atoms with Crippen molar-refractivity contribution in [1.29, 1.82) is 0 Å². The van der Waals surface area contributed by atoms with Crippen molar-refractivity contribution in [3.8, 4) is 5.75 Å². The molecule has 0 aromatic heterocycles. The fourth-order valence-electron chi connectivity index (χ4n) is 0.970. The Hall–Kier alpha value is -1.09. The fourth-order valence-corrected chi connectivity index (χ4v) is 1.33. The second-order valence-corrected chi connectivity index (χ2v) is 3.40. The van der Waals surface area contributed by atoms with Crippen LogP contribution in [0, 0.1) is 0 Å². The molecule has 0 saturated carbocycles. The molecule has 0 N–H and O–H groups in total. The summed E-state index contributed by atoms with van der Waals surface area (Å²) in [4.78, 5) is 11.2. The molecule has 0 saturated heterocycles. The average Bonchev–Trinajstić information content (AvgIpc) is 2.08. The van der Waals surface area contributed by atoms with Crippen molar-refractivity contribution in [1.82, 2.24) is 0 Å². The zero-order valence-electron chi connectivity index (χ0n) is 7.21. The van der Waals surface area contributed by atoms with Crippen molar-refractivity contribution >= 4 is 21.7 Å². The number of rotatable bonds is 3. The van der Waals surface area contributed by atoms with E-state index in [0.29, 0.717) is 11.3 Å². The summed E-state index contributed by atoms with van der Waals surface area (Å²) < 4.78 is 5.93. The van der Waals surface area contributed by atoms with Crippen molar-refractivity contribution in [2.45, 2.75) is 6.92 Å². The van der Waals surface area contributed by atoms with Crippen LogP contribution in [-0.4, -0.2) is 5.78 Å². The Labute approximate surface area is 85.3 Å². The van der Waals surface area contributed by atoms with Gasteiger partial charge in [-0.1, -0.05) is 22.5 Å². The Bertz CT molecular complexity index is 345. The molecule has 0 atom stereocenters. The van der Waals surface area contributed by atoms with E-state index in [0.717, 1.165) is 4.47 Å². The number of Topliss-reactive ketones (excluding diaryl/α,β-unsaturated/α-hetero) is 1. The third kappa shape index (κ3) is 2.42. The van der Waals surface area contributed by atoms with Crippen LogP contribution < -0.4 is 4.74 Å². The largest absolute Gasteiger partial charge is 0.465 e. The molecule has 0 aliphatic carbocycles. The highest BCUT2D eigenvalue weighted by atomic mass is 79.9. The Balaban J connectivity index is 3.17. The van der Waals surface area contributed by atoms with E-state index in [1.165, 1.54) is 13.2 Å². The molecule has 1 aromatic rings. The number of hydrogen-bond donors (Lipinski definition) is 0. The standard InChI is InChI=1S/C10H9BrO2/c1-3-13-10-5-4-8(11)6-9(10)7(2)12/h3-6H,1H2,2H3. The van der Waals surface area contributed by atoms with Crippen LogP contribution in [0.25, 0.3) is 0 Å². The molecule has 0 aliphatic rings. The maximum absolute atomic E-state index is 11.2. The summed E-state index contributed by atoms with van der Waals surface area (Å²) in [6.07, 6.45) is 1.30. The lowest BCUT2D eigenvalue weighted by Gasteiger charge is -2.05. The molecule has 0 unspecified atom stereocenters. The van der Waals surface area contributed by atoms with E-state index in [4.69, 9.17) is 4.74 Å².